The number of amides is 2. The highest BCUT2D eigenvalue weighted by Gasteiger charge is 2.28. The van der Waals surface area contributed by atoms with Crippen molar-refractivity contribution in [1.82, 2.24) is 10.2 Å². The van der Waals surface area contributed by atoms with Crippen LogP contribution in [0, 0.1) is 17.2 Å². The third kappa shape index (κ3) is 2.38. The summed E-state index contributed by atoms with van der Waals surface area (Å²) in [5.41, 5.74) is 0. The van der Waals surface area contributed by atoms with Gasteiger partial charge in [0.05, 0.1) is 12.0 Å². The van der Waals surface area contributed by atoms with Gasteiger partial charge in [-0.25, -0.2) is 4.79 Å². The molecule has 2 unspecified atom stereocenters. The highest BCUT2D eigenvalue weighted by Crippen LogP contribution is 2.24. The molecule has 4 nitrogen and oxygen atoms in total. The minimum Gasteiger partial charge on any atom is -0.334 e. The fraction of sp³-hybridized carbons (Fsp3) is 0.800. The lowest BCUT2D eigenvalue weighted by Gasteiger charge is -2.21. The molecule has 0 aliphatic heterocycles. The van der Waals surface area contributed by atoms with E-state index in [0.717, 1.165) is 19.3 Å². The number of carbonyl (C=O) groups excluding carboxylic acids is 1. The average Bonchev–Trinajstić information content (AvgIpc) is 2.63. The molecule has 1 saturated carbocycles. The van der Waals surface area contributed by atoms with Gasteiger partial charge in [-0.3, -0.25) is 0 Å². The molecular weight excluding hydrogens is 178 g/mol. The Kier molecular flexibility index (Phi) is 3.75. The molecular formula is C10H17N3O. The monoisotopic (exact) mass is 195 g/mol. The number of hydrogen-bond acceptors (Lipinski definition) is 2. The van der Waals surface area contributed by atoms with E-state index in [1.807, 2.05) is 6.92 Å². The number of nitrogens with zero attached hydrogens (tertiary/aromatic N) is 2. The molecule has 0 bridgehead atoms. The Morgan fingerprint density at radius 1 is 1.64 bits per heavy atom. The van der Waals surface area contributed by atoms with Crippen LogP contribution < -0.4 is 5.32 Å². The standard InChI is InChI=1S/C10H17N3O/c1-3-13(2)10(14)12-9-6-4-5-8(9)7-11/h8-9H,3-6H2,1-2H3,(H,12,14). The molecule has 2 atom stereocenters. The predicted octanol–water partition coefficient (Wildman–Crippen LogP) is 1.34. The van der Waals surface area contributed by atoms with E-state index in [2.05, 4.69) is 11.4 Å². The van der Waals surface area contributed by atoms with Crippen LogP contribution in [0.1, 0.15) is 26.2 Å². The zero-order valence-electron chi connectivity index (χ0n) is 8.79. The molecule has 4 heteroatoms. The van der Waals surface area contributed by atoms with Gasteiger partial charge in [-0.1, -0.05) is 0 Å². The van der Waals surface area contributed by atoms with E-state index in [9.17, 15) is 4.79 Å². The zero-order chi connectivity index (χ0) is 10.6. The molecule has 0 spiro atoms. The highest BCUT2D eigenvalue weighted by atomic mass is 16.2. The second-order valence-corrected chi connectivity index (χ2v) is 3.74. The quantitative estimate of drug-likeness (QED) is 0.723. The molecule has 2 amide bonds. The van der Waals surface area contributed by atoms with Gasteiger partial charge in [-0.05, 0) is 26.2 Å². The summed E-state index contributed by atoms with van der Waals surface area (Å²) in [6, 6.07) is 2.23. The van der Waals surface area contributed by atoms with Gasteiger partial charge >= 0.3 is 6.03 Å². The van der Waals surface area contributed by atoms with Gasteiger partial charge in [0.2, 0.25) is 0 Å². The Labute approximate surface area is 84.9 Å². The lowest BCUT2D eigenvalue weighted by Crippen LogP contribution is -2.44. The summed E-state index contributed by atoms with van der Waals surface area (Å²) < 4.78 is 0. The van der Waals surface area contributed by atoms with Gasteiger partial charge in [0.25, 0.3) is 0 Å². The van der Waals surface area contributed by atoms with Crippen molar-refractivity contribution in [3.63, 3.8) is 0 Å². The van der Waals surface area contributed by atoms with Gasteiger partial charge in [0.1, 0.15) is 0 Å². The van der Waals surface area contributed by atoms with Crippen LogP contribution in [0.25, 0.3) is 0 Å². The van der Waals surface area contributed by atoms with Crippen LogP contribution in [0.5, 0.6) is 0 Å². The van der Waals surface area contributed by atoms with Crippen LogP contribution in [0.2, 0.25) is 0 Å². The van der Waals surface area contributed by atoms with Crippen molar-refractivity contribution in [2.45, 2.75) is 32.2 Å². The molecule has 78 valence electrons. The van der Waals surface area contributed by atoms with Crippen LogP contribution in [0.3, 0.4) is 0 Å². The minimum atomic E-state index is -0.0698. The van der Waals surface area contributed by atoms with Crippen molar-refractivity contribution >= 4 is 6.03 Å². The maximum absolute atomic E-state index is 11.5. The first kappa shape index (κ1) is 10.8. The van der Waals surface area contributed by atoms with Crippen LogP contribution in [0.4, 0.5) is 4.79 Å². The summed E-state index contributed by atoms with van der Waals surface area (Å²) >= 11 is 0. The summed E-state index contributed by atoms with van der Waals surface area (Å²) in [6.07, 6.45) is 2.89. The summed E-state index contributed by atoms with van der Waals surface area (Å²) in [5.74, 6) is 0.00389. The molecule has 0 heterocycles. The van der Waals surface area contributed by atoms with E-state index in [1.54, 1.807) is 11.9 Å². The van der Waals surface area contributed by atoms with Gasteiger partial charge in [-0.15, -0.1) is 0 Å². The first-order valence-corrected chi connectivity index (χ1v) is 5.10. The fourth-order valence-electron chi connectivity index (χ4n) is 1.70. The molecule has 1 N–H and O–H groups in total. The first-order chi connectivity index (χ1) is 6.69. The lowest BCUT2D eigenvalue weighted by molar-refractivity contribution is 0.205. The minimum absolute atomic E-state index is 0.00389. The van der Waals surface area contributed by atoms with Crippen molar-refractivity contribution in [3.8, 4) is 6.07 Å². The molecule has 0 aromatic heterocycles. The van der Waals surface area contributed by atoms with Crippen molar-refractivity contribution in [2.75, 3.05) is 13.6 Å². The van der Waals surface area contributed by atoms with Crippen molar-refractivity contribution in [3.05, 3.63) is 0 Å². The first-order valence-electron chi connectivity index (χ1n) is 5.10. The number of hydrogen-bond donors (Lipinski definition) is 1. The normalized spacial score (nSPS) is 25.5. The molecule has 1 aliphatic carbocycles. The maximum Gasteiger partial charge on any atom is 0.317 e. The van der Waals surface area contributed by atoms with Crippen molar-refractivity contribution < 1.29 is 4.79 Å². The highest BCUT2D eigenvalue weighted by molar-refractivity contribution is 5.74. The van der Waals surface area contributed by atoms with Crippen LogP contribution >= 0.6 is 0 Å². The Morgan fingerprint density at radius 2 is 2.36 bits per heavy atom. The van der Waals surface area contributed by atoms with E-state index in [1.165, 1.54) is 0 Å². The number of carbonyl (C=O) groups is 1. The largest absolute Gasteiger partial charge is 0.334 e. The average molecular weight is 195 g/mol. The second-order valence-electron chi connectivity index (χ2n) is 3.74. The fourth-order valence-corrected chi connectivity index (χ4v) is 1.70. The number of rotatable bonds is 2. The maximum atomic E-state index is 11.5. The summed E-state index contributed by atoms with van der Waals surface area (Å²) in [5, 5.41) is 11.7. The molecule has 14 heavy (non-hydrogen) atoms. The number of nitriles is 1. The zero-order valence-corrected chi connectivity index (χ0v) is 8.79. The van der Waals surface area contributed by atoms with E-state index in [4.69, 9.17) is 5.26 Å². The molecule has 1 fully saturated rings. The van der Waals surface area contributed by atoms with E-state index < -0.39 is 0 Å². The van der Waals surface area contributed by atoms with Crippen LogP contribution in [0.15, 0.2) is 0 Å². The Bertz CT molecular complexity index is 246. The topological polar surface area (TPSA) is 56.1 Å². The molecule has 0 saturated heterocycles. The van der Waals surface area contributed by atoms with Crippen LogP contribution in [-0.4, -0.2) is 30.6 Å². The van der Waals surface area contributed by atoms with Gasteiger partial charge < -0.3 is 10.2 Å². The van der Waals surface area contributed by atoms with E-state index >= 15 is 0 Å². The summed E-state index contributed by atoms with van der Waals surface area (Å²) in [4.78, 5) is 13.1. The SMILES string of the molecule is CCN(C)C(=O)NC1CCCC1C#N. The van der Waals surface area contributed by atoms with E-state index in [0.29, 0.717) is 6.54 Å². The third-order valence-electron chi connectivity index (χ3n) is 2.81. The summed E-state index contributed by atoms with van der Waals surface area (Å²) in [6.45, 7) is 2.62. The molecule has 1 aliphatic rings. The van der Waals surface area contributed by atoms with Gasteiger partial charge in [-0.2, -0.15) is 5.26 Å². The summed E-state index contributed by atoms with van der Waals surface area (Å²) in [7, 11) is 1.76. The Balaban J connectivity index is 2.44. The van der Waals surface area contributed by atoms with Crippen molar-refractivity contribution in [1.29, 1.82) is 5.26 Å². The number of nitrogens with one attached hydrogen (secondary N) is 1. The molecule has 0 radical (unpaired) electrons. The Hall–Kier alpha value is -1.24. The second kappa shape index (κ2) is 4.85. The molecule has 1 rings (SSSR count). The van der Waals surface area contributed by atoms with Crippen LogP contribution in [-0.2, 0) is 0 Å². The van der Waals surface area contributed by atoms with Crippen molar-refractivity contribution in [2.24, 2.45) is 5.92 Å². The number of urea groups is 1. The Morgan fingerprint density at radius 3 is 2.93 bits per heavy atom. The third-order valence-corrected chi connectivity index (χ3v) is 2.81. The predicted molar refractivity (Wildman–Crippen MR) is 53.6 cm³/mol. The van der Waals surface area contributed by atoms with Gasteiger partial charge in [0, 0.05) is 19.6 Å². The molecule has 0 aromatic carbocycles. The smallest absolute Gasteiger partial charge is 0.317 e. The molecule has 0 aromatic rings. The van der Waals surface area contributed by atoms with E-state index in [-0.39, 0.29) is 18.0 Å². The van der Waals surface area contributed by atoms with Gasteiger partial charge in [0.15, 0.2) is 0 Å². The lowest BCUT2D eigenvalue weighted by atomic mass is 10.1.